The average molecular weight is 531 g/mol. The summed E-state index contributed by atoms with van der Waals surface area (Å²) < 4.78 is 21.7. The van der Waals surface area contributed by atoms with Crippen LogP contribution in [-0.2, 0) is 11.2 Å². The Kier molecular flexibility index (Phi) is 6.20. The van der Waals surface area contributed by atoms with E-state index >= 15 is 0 Å². The Bertz CT molecular complexity index is 1640. The van der Waals surface area contributed by atoms with Crippen LogP contribution in [0.2, 0.25) is 0 Å². The molecule has 7 heteroatoms. The Balaban J connectivity index is 0.000000142. The van der Waals surface area contributed by atoms with Crippen molar-refractivity contribution in [3.63, 3.8) is 0 Å². The van der Waals surface area contributed by atoms with Gasteiger partial charge in [0, 0.05) is 17.9 Å². The molecule has 0 spiro atoms. The van der Waals surface area contributed by atoms with E-state index in [1.54, 1.807) is 13.0 Å². The SMILES string of the molecule is COc1c2occc2c(OC)c2c(=O)cc(C)oc12.C[C@]12CC[C@@H]3c4ccc(O)cc4CC[C@H]3[C@@H]1CCC2=O. The first-order valence-corrected chi connectivity index (χ1v) is 13.7. The van der Waals surface area contributed by atoms with Crippen LogP contribution < -0.4 is 14.9 Å². The molecule has 3 aliphatic rings. The Morgan fingerprint density at radius 1 is 0.974 bits per heavy atom. The zero-order valence-electron chi connectivity index (χ0n) is 22.8. The molecular formula is C32H34O7. The lowest BCUT2D eigenvalue weighted by atomic mass is 9.55. The van der Waals surface area contributed by atoms with E-state index in [2.05, 4.69) is 13.0 Å². The van der Waals surface area contributed by atoms with Crippen molar-refractivity contribution in [3.8, 4) is 17.2 Å². The lowest BCUT2D eigenvalue weighted by molar-refractivity contribution is -0.129. The molecule has 0 bridgehead atoms. The third-order valence-electron chi connectivity index (χ3n) is 9.45. The molecule has 7 rings (SSSR count). The minimum atomic E-state index is -0.169. The topological polar surface area (TPSA) is 99.1 Å². The van der Waals surface area contributed by atoms with E-state index in [4.69, 9.17) is 18.3 Å². The molecule has 4 atom stereocenters. The monoisotopic (exact) mass is 530 g/mol. The van der Waals surface area contributed by atoms with Gasteiger partial charge in [-0.1, -0.05) is 13.0 Å². The molecule has 7 nitrogen and oxygen atoms in total. The predicted molar refractivity (Wildman–Crippen MR) is 148 cm³/mol. The van der Waals surface area contributed by atoms with Gasteiger partial charge in [0.1, 0.15) is 28.4 Å². The molecule has 0 saturated heterocycles. The molecule has 4 aromatic rings. The molecule has 204 valence electrons. The van der Waals surface area contributed by atoms with Crippen molar-refractivity contribution in [2.75, 3.05) is 14.2 Å². The number of ketones is 1. The molecule has 2 saturated carbocycles. The second-order valence-electron chi connectivity index (χ2n) is 11.4. The molecule has 0 amide bonds. The van der Waals surface area contributed by atoms with Gasteiger partial charge in [0.15, 0.2) is 16.6 Å². The maximum atomic E-state index is 12.3. The summed E-state index contributed by atoms with van der Waals surface area (Å²) in [5, 5.41) is 10.7. The standard InChI is InChI=1S/C18H22O2.C14H12O5/c1-18-9-8-14-13-5-3-12(19)10-11(13)2-4-15(14)16(18)6-7-17(18)20;1-7-6-9(15)10-11(16-2)8-4-5-18-12(8)14(17-3)13(10)19-7/h3,5,10,14-16,19H,2,4,6-9H2,1H3;4-6H,1-3H3/t14-,15-,16+,18+;/m1./s1. The van der Waals surface area contributed by atoms with Crippen molar-refractivity contribution in [1.29, 1.82) is 0 Å². The Labute approximate surface area is 226 Å². The third-order valence-corrected chi connectivity index (χ3v) is 9.45. The third kappa shape index (κ3) is 3.93. The number of methoxy groups -OCH3 is 2. The number of phenolic OH excluding ortho intramolecular Hbond substituents is 1. The molecule has 0 unspecified atom stereocenters. The van der Waals surface area contributed by atoms with Gasteiger partial charge >= 0.3 is 0 Å². The largest absolute Gasteiger partial charge is 0.508 e. The second-order valence-corrected chi connectivity index (χ2v) is 11.4. The van der Waals surface area contributed by atoms with Gasteiger partial charge in [0.25, 0.3) is 0 Å². The minimum absolute atomic E-state index is 0.0322. The van der Waals surface area contributed by atoms with Gasteiger partial charge in [-0.2, -0.15) is 0 Å². The highest BCUT2D eigenvalue weighted by atomic mass is 16.5. The van der Waals surface area contributed by atoms with Gasteiger partial charge in [0.2, 0.25) is 5.75 Å². The fourth-order valence-electron chi connectivity index (χ4n) is 7.62. The quantitative estimate of drug-likeness (QED) is 0.308. The summed E-state index contributed by atoms with van der Waals surface area (Å²) in [6, 6.07) is 9.06. The number of carbonyl (C=O) groups excluding carboxylic acids is 1. The number of hydrogen-bond donors (Lipinski definition) is 1. The number of furan rings is 1. The zero-order chi connectivity index (χ0) is 27.5. The van der Waals surface area contributed by atoms with Gasteiger partial charge in [-0.05, 0) is 86.1 Å². The highest BCUT2D eigenvalue weighted by Gasteiger charge is 2.54. The van der Waals surface area contributed by atoms with Crippen LogP contribution in [0.3, 0.4) is 0 Å². The van der Waals surface area contributed by atoms with Gasteiger partial charge in [-0.25, -0.2) is 0 Å². The van der Waals surface area contributed by atoms with Crippen LogP contribution in [0.5, 0.6) is 17.2 Å². The van der Waals surface area contributed by atoms with Crippen LogP contribution in [-0.4, -0.2) is 25.1 Å². The Hall–Kier alpha value is -3.74. The number of phenols is 1. The van der Waals surface area contributed by atoms with Crippen LogP contribution in [0.15, 0.2) is 50.2 Å². The van der Waals surface area contributed by atoms with E-state index in [1.165, 1.54) is 44.1 Å². The molecular weight excluding hydrogens is 496 g/mol. The van der Waals surface area contributed by atoms with E-state index in [1.807, 2.05) is 12.1 Å². The van der Waals surface area contributed by atoms with Crippen molar-refractivity contribution in [2.24, 2.45) is 17.3 Å². The van der Waals surface area contributed by atoms with Crippen LogP contribution >= 0.6 is 0 Å². The number of hydrogen-bond acceptors (Lipinski definition) is 7. The number of carbonyl (C=O) groups is 1. The van der Waals surface area contributed by atoms with Crippen molar-refractivity contribution >= 4 is 27.7 Å². The van der Waals surface area contributed by atoms with E-state index in [-0.39, 0.29) is 10.8 Å². The van der Waals surface area contributed by atoms with E-state index in [0.717, 1.165) is 32.1 Å². The number of rotatable bonds is 2. The summed E-state index contributed by atoms with van der Waals surface area (Å²) in [6.45, 7) is 3.93. The van der Waals surface area contributed by atoms with Crippen LogP contribution in [0.1, 0.15) is 61.8 Å². The van der Waals surface area contributed by atoms with Crippen molar-refractivity contribution in [2.45, 2.75) is 58.3 Å². The number of Topliss-reactive ketones (excluding diaryl/α,β-unsaturated/α-hetero) is 1. The number of aromatic hydroxyl groups is 1. The number of ether oxygens (including phenoxy) is 2. The molecule has 2 aromatic heterocycles. The van der Waals surface area contributed by atoms with Crippen molar-refractivity contribution < 1.29 is 28.2 Å². The van der Waals surface area contributed by atoms with Crippen LogP contribution in [0, 0.1) is 24.2 Å². The Morgan fingerprint density at radius 2 is 1.77 bits per heavy atom. The van der Waals surface area contributed by atoms with Crippen LogP contribution in [0.4, 0.5) is 0 Å². The molecule has 2 aromatic carbocycles. The van der Waals surface area contributed by atoms with Crippen molar-refractivity contribution in [1.82, 2.24) is 0 Å². The number of aryl methyl sites for hydroxylation is 2. The average Bonchev–Trinajstić information content (AvgIpc) is 3.52. The second kappa shape index (κ2) is 9.47. The van der Waals surface area contributed by atoms with Gasteiger partial charge in [-0.15, -0.1) is 0 Å². The number of fused-ring (bicyclic) bond motifs is 7. The lowest BCUT2D eigenvalue weighted by Crippen LogP contribution is -2.42. The first-order chi connectivity index (χ1) is 18.8. The summed E-state index contributed by atoms with van der Waals surface area (Å²) in [4.78, 5) is 24.4. The van der Waals surface area contributed by atoms with E-state index < -0.39 is 0 Å². The normalized spacial score (nSPS) is 25.4. The molecule has 2 heterocycles. The summed E-state index contributed by atoms with van der Waals surface area (Å²) >= 11 is 0. The van der Waals surface area contributed by atoms with E-state index in [0.29, 0.717) is 68.5 Å². The van der Waals surface area contributed by atoms with Gasteiger partial charge in [0.05, 0.1) is 25.9 Å². The smallest absolute Gasteiger partial charge is 0.206 e. The number of benzene rings is 2. The maximum Gasteiger partial charge on any atom is 0.206 e. The van der Waals surface area contributed by atoms with Crippen molar-refractivity contribution in [3.05, 3.63) is 63.7 Å². The first-order valence-electron chi connectivity index (χ1n) is 13.7. The Morgan fingerprint density at radius 3 is 2.54 bits per heavy atom. The molecule has 1 N–H and O–H groups in total. The molecule has 0 aliphatic heterocycles. The fraction of sp³-hybridized carbons (Fsp3) is 0.438. The first kappa shape index (κ1) is 25.5. The molecule has 39 heavy (non-hydrogen) atoms. The lowest BCUT2D eigenvalue weighted by Gasteiger charge is -2.48. The highest BCUT2D eigenvalue weighted by molar-refractivity contribution is 6.06. The summed E-state index contributed by atoms with van der Waals surface area (Å²) in [6.07, 6.45) is 7.86. The van der Waals surface area contributed by atoms with E-state index in [9.17, 15) is 14.7 Å². The summed E-state index contributed by atoms with van der Waals surface area (Å²) in [5.74, 6) is 4.13. The summed E-state index contributed by atoms with van der Waals surface area (Å²) in [5.41, 5.74) is 3.42. The fourth-order valence-corrected chi connectivity index (χ4v) is 7.62. The maximum absolute atomic E-state index is 12.3. The molecule has 2 fully saturated rings. The molecule has 3 aliphatic carbocycles. The van der Waals surface area contributed by atoms with Crippen LogP contribution in [0.25, 0.3) is 21.9 Å². The minimum Gasteiger partial charge on any atom is -0.508 e. The molecule has 0 radical (unpaired) electrons. The highest BCUT2D eigenvalue weighted by Crippen LogP contribution is 2.59. The van der Waals surface area contributed by atoms with Gasteiger partial charge < -0.3 is 23.4 Å². The summed E-state index contributed by atoms with van der Waals surface area (Å²) in [7, 11) is 3.01. The van der Waals surface area contributed by atoms with Gasteiger partial charge in [-0.3, -0.25) is 9.59 Å². The predicted octanol–water partition coefficient (Wildman–Crippen LogP) is 6.68. The zero-order valence-corrected chi connectivity index (χ0v) is 22.8.